The molecule has 0 amide bonds. The van der Waals surface area contributed by atoms with E-state index in [1.165, 1.54) is 11.4 Å². The van der Waals surface area contributed by atoms with Crippen molar-refractivity contribution in [1.82, 2.24) is 14.7 Å². The molecule has 0 atom stereocenters. The van der Waals surface area contributed by atoms with Gasteiger partial charge in [0, 0.05) is 17.6 Å². The van der Waals surface area contributed by atoms with Gasteiger partial charge in [0.2, 0.25) is 0 Å². The summed E-state index contributed by atoms with van der Waals surface area (Å²) in [6, 6.07) is 0. The van der Waals surface area contributed by atoms with Crippen LogP contribution in [0.15, 0.2) is 5.38 Å². The Morgan fingerprint density at radius 1 is 1.53 bits per heavy atom. The number of hydrogen-bond donors (Lipinski definition) is 1. The van der Waals surface area contributed by atoms with Gasteiger partial charge in [-0.3, -0.25) is 9.72 Å². The first-order chi connectivity index (χ1) is 7.94. The third kappa shape index (κ3) is 2.21. The van der Waals surface area contributed by atoms with Gasteiger partial charge in [-0.25, -0.2) is 4.98 Å². The van der Waals surface area contributed by atoms with E-state index in [0.29, 0.717) is 0 Å². The Morgan fingerprint density at radius 2 is 2.24 bits per heavy atom. The summed E-state index contributed by atoms with van der Waals surface area (Å²) >= 11 is 1.67. The van der Waals surface area contributed by atoms with Crippen LogP contribution in [0.1, 0.15) is 30.9 Å². The second kappa shape index (κ2) is 4.17. The zero-order chi connectivity index (χ0) is 12.6. The zero-order valence-electron chi connectivity index (χ0n) is 10.7. The summed E-state index contributed by atoms with van der Waals surface area (Å²) in [5.74, 6) is 2.74. The maximum atomic E-state index is 5.47. The minimum absolute atomic E-state index is 0.291. The SMILES string of the molecule is C#CC(C)(C)NCc1c(C)nc2scc(C)n12. The van der Waals surface area contributed by atoms with E-state index in [1.807, 2.05) is 20.8 Å². The average Bonchev–Trinajstić information content (AvgIpc) is 2.77. The van der Waals surface area contributed by atoms with Crippen molar-refractivity contribution in [2.24, 2.45) is 0 Å². The number of terminal acetylenes is 1. The van der Waals surface area contributed by atoms with E-state index in [4.69, 9.17) is 6.42 Å². The summed E-state index contributed by atoms with van der Waals surface area (Å²) in [7, 11) is 0. The lowest BCUT2D eigenvalue weighted by Gasteiger charge is -2.19. The Morgan fingerprint density at radius 3 is 2.88 bits per heavy atom. The normalized spacial score (nSPS) is 11.9. The van der Waals surface area contributed by atoms with Gasteiger partial charge in [0.25, 0.3) is 0 Å². The summed E-state index contributed by atoms with van der Waals surface area (Å²) in [6.07, 6.45) is 5.47. The number of fused-ring (bicyclic) bond motifs is 1. The average molecular weight is 247 g/mol. The molecule has 0 bridgehead atoms. The van der Waals surface area contributed by atoms with Crippen LogP contribution in [-0.4, -0.2) is 14.9 Å². The zero-order valence-corrected chi connectivity index (χ0v) is 11.5. The maximum Gasteiger partial charge on any atom is 0.194 e. The van der Waals surface area contributed by atoms with Crippen LogP contribution in [-0.2, 0) is 6.54 Å². The van der Waals surface area contributed by atoms with Gasteiger partial charge < -0.3 is 0 Å². The Kier molecular flexibility index (Phi) is 2.98. The van der Waals surface area contributed by atoms with E-state index in [9.17, 15) is 0 Å². The minimum Gasteiger partial charge on any atom is -0.296 e. The number of nitrogens with zero attached hydrogens (tertiary/aromatic N) is 2. The molecule has 2 rings (SSSR count). The highest BCUT2D eigenvalue weighted by molar-refractivity contribution is 7.15. The molecule has 0 aromatic carbocycles. The fourth-order valence-corrected chi connectivity index (χ4v) is 2.66. The third-order valence-electron chi connectivity index (χ3n) is 2.89. The fourth-order valence-electron chi connectivity index (χ4n) is 1.73. The van der Waals surface area contributed by atoms with Gasteiger partial charge in [0.15, 0.2) is 4.96 Å². The highest BCUT2D eigenvalue weighted by atomic mass is 32.1. The van der Waals surface area contributed by atoms with Crippen LogP contribution in [0.25, 0.3) is 4.96 Å². The molecule has 0 aliphatic carbocycles. The van der Waals surface area contributed by atoms with Gasteiger partial charge in [0.05, 0.1) is 16.9 Å². The molecule has 0 saturated heterocycles. The van der Waals surface area contributed by atoms with E-state index in [-0.39, 0.29) is 5.54 Å². The van der Waals surface area contributed by atoms with Crippen LogP contribution in [0.4, 0.5) is 0 Å². The molecule has 0 spiro atoms. The van der Waals surface area contributed by atoms with Gasteiger partial charge in [-0.1, -0.05) is 5.92 Å². The molecule has 2 aromatic heterocycles. The van der Waals surface area contributed by atoms with Crippen molar-refractivity contribution in [2.45, 2.75) is 39.8 Å². The standard InChI is InChI=1S/C13H17N3S/c1-6-13(4,5)14-7-11-10(3)15-12-16(11)9(2)8-17-12/h1,8,14H,7H2,2-5H3. The Bertz CT molecular complexity index is 584. The fraction of sp³-hybridized carbons (Fsp3) is 0.462. The molecule has 0 unspecified atom stereocenters. The molecular formula is C13H17N3S. The topological polar surface area (TPSA) is 29.3 Å². The number of nitrogens with one attached hydrogen (secondary N) is 1. The van der Waals surface area contributed by atoms with Crippen molar-refractivity contribution in [3.8, 4) is 12.3 Å². The number of aryl methyl sites for hydroxylation is 2. The summed E-state index contributed by atoms with van der Waals surface area (Å²) in [5.41, 5.74) is 3.20. The molecule has 90 valence electrons. The summed E-state index contributed by atoms with van der Waals surface area (Å²) in [4.78, 5) is 5.60. The van der Waals surface area contributed by atoms with E-state index in [1.54, 1.807) is 11.3 Å². The second-order valence-corrected chi connectivity index (χ2v) is 5.60. The van der Waals surface area contributed by atoms with Gasteiger partial charge >= 0.3 is 0 Å². The lowest BCUT2D eigenvalue weighted by molar-refractivity contribution is 0.484. The van der Waals surface area contributed by atoms with Crippen LogP contribution in [0.2, 0.25) is 0 Å². The molecule has 2 heterocycles. The number of imidazole rings is 1. The molecule has 1 N–H and O–H groups in total. The van der Waals surface area contributed by atoms with Crippen molar-refractivity contribution in [2.75, 3.05) is 0 Å². The summed E-state index contributed by atoms with van der Waals surface area (Å²) in [6.45, 7) is 8.88. The molecule has 17 heavy (non-hydrogen) atoms. The Hall–Kier alpha value is -1.31. The predicted octanol–water partition coefficient (Wildman–Crippen LogP) is 2.51. The number of rotatable bonds is 3. The first kappa shape index (κ1) is 12.2. The van der Waals surface area contributed by atoms with Crippen LogP contribution < -0.4 is 5.32 Å². The quantitative estimate of drug-likeness (QED) is 0.844. The lowest BCUT2D eigenvalue weighted by Crippen LogP contribution is -2.37. The summed E-state index contributed by atoms with van der Waals surface area (Å²) < 4.78 is 2.19. The van der Waals surface area contributed by atoms with Crippen molar-refractivity contribution in [3.05, 3.63) is 22.5 Å². The van der Waals surface area contributed by atoms with Gasteiger partial charge in [-0.05, 0) is 27.7 Å². The van der Waals surface area contributed by atoms with Crippen LogP contribution in [0.5, 0.6) is 0 Å². The van der Waals surface area contributed by atoms with E-state index in [2.05, 4.69) is 32.9 Å². The first-order valence-corrected chi connectivity index (χ1v) is 6.47. The van der Waals surface area contributed by atoms with Crippen molar-refractivity contribution in [1.29, 1.82) is 0 Å². The molecular weight excluding hydrogens is 230 g/mol. The van der Waals surface area contributed by atoms with E-state index < -0.39 is 0 Å². The van der Waals surface area contributed by atoms with Crippen LogP contribution in [0.3, 0.4) is 0 Å². The minimum atomic E-state index is -0.291. The molecule has 0 radical (unpaired) electrons. The Balaban J connectivity index is 2.33. The predicted molar refractivity (Wildman–Crippen MR) is 72.3 cm³/mol. The highest BCUT2D eigenvalue weighted by Crippen LogP contribution is 2.20. The van der Waals surface area contributed by atoms with Crippen molar-refractivity contribution < 1.29 is 0 Å². The molecule has 0 saturated carbocycles. The second-order valence-electron chi connectivity index (χ2n) is 4.76. The van der Waals surface area contributed by atoms with Gasteiger partial charge in [0.1, 0.15) is 0 Å². The van der Waals surface area contributed by atoms with Crippen molar-refractivity contribution in [3.63, 3.8) is 0 Å². The lowest BCUT2D eigenvalue weighted by atomic mass is 10.1. The molecule has 4 heteroatoms. The summed E-state index contributed by atoms with van der Waals surface area (Å²) in [5, 5.41) is 5.49. The highest BCUT2D eigenvalue weighted by Gasteiger charge is 2.16. The van der Waals surface area contributed by atoms with Gasteiger partial charge in [-0.2, -0.15) is 0 Å². The molecule has 0 aliphatic rings. The number of thiazole rings is 1. The largest absolute Gasteiger partial charge is 0.296 e. The number of aromatic nitrogens is 2. The van der Waals surface area contributed by atoms with E-state index >= 15 is 0 Å². The smallest absolute Gasteiger partial charge is 0.194 e. The molecule has 0 aliphatic heterocycles. The van der Waals surface area contributed by atoms with E-state index in [0.717, 1.165) is 17.2 Å². The molecule has 2 aromatic rings. The molecule has 3 nitrogen and oxygen atoms in total. The first-order valence-electron chi connectivity index (χ1n) is 5.59. The maximum absolute atomic E-state index is 5.47. The van der Waals surface area contributed by atoms with Crippen molar-refractivity contribution >= 4 is 16.3 Å². The molecule has 0 fully saturated rings. The monoisotopic (exact) mass is 247 g/mol. The number of hydrogen-bond acceptors (Lipinski definition) is 3. The van der Waals surface area contributed by atoms with Gasteiger partial charge in [-0.15, -0.1) is 17.8 Å². The van der Waals surface area contributed by atoms with Crippen LogP contribution >= 0.6 is 11.3 Å². The Labute approximate surface area is 106 Å². The van der Waals surface area contributed by atoms with Crippen LogP contribution in [0, 0.1) is 26.2 Å². The third-order valence-corrected chi connectivity index (χ3v) is 3.83.